The van der Waals surface area contributed by atoms with Crippen LogP contribution in [0.2, 0.25) is 0 Å². The molecule has 1 aromatic heterocycles. The van der Waals surface area contributed by atoms with Crippen LogP contribution in [0.5, 0.6) is 0 Å². The summed E-state index contributed by atoms with van der Waals surface area (Å²) < 4.78 is 1.85. The highest BCUT2D eigenvalue weighted by atomic mass is 16.1. The molecule has 2 rings (SSSR count). The van der Waals surface area contributed by atoms with E-state index in [-0.39, 0.29) is 5.91 Å². The van der Waals surface area contributed by atoms with E-state index in [9.17, 15) is 4.79 Å². The fourth-order valence-electron chi connectivity index (χ4n) is 2.74. The van der Waals surface area contributed by atoms with Crippen molar-refractivity contribution in [1.82, 2.24) is 20.0 Å². The average Bonchev–Trinajstić information content (AvgIpc) is 3.11. The van der Waals surface area contributed by atoms with E-state index in [0.717, 1.165) is 38.2 Å². The molecule has 118 valence electrons. The van der Waals surface area contributed by atoms with Crippen LogP contribution >= 0.6 is 0 Å². The Kier molecular flexibility index (Phi) is 6.20. The lowest BCUT2D eigenvalue weighted by molar-refractivity contribution is 0.0951. The highest BCUT2D eigenvalue weighted by molar-refractivity contribution is 5.94. The number of hydrogen-bond donors (Lipinski definition) is 2. The van der Waals surface area contributed by atoms with E-state index < -0.39 is 0 Å². The number of aryl methyl sites for hydroxylation is 1. The van der Waals surface area contributed by atoms with E-state index >= 15 is 0 Å². The summed E-state index contributed by atoms with van der Waals surface area (Å²) in [6, 6.07) is 0. The van der Waals surface area contributed by atoms with Crippen molar-refractivity contribution in [3.63, 3.8) is 0 Å². The summed E-state index contributed by atoms with van der Waals surface area (Å²) in [5.41, 5.74) is 7.09. The van der Waals surface area contributed by atoms with Crippen LogP contribution in [0, 0.1) is 6.92 Å². The van der Waals surface area contributed by atoms with Gasteiger partial charge in [0.15, 0.2) is 0 Å². The molecule has 1 amide bonds. The van der Waals surface area contributed by atoms with Crippen molar-refractivity contribution in [1.29, 1.82) is 0 Å². The van der Waals surface area contributed by atoms with Gasteiger partial charge in [-0.25, -0.2) is 0 Å². The van der Waals surface area contributed by atoms with Crippen molar-refractivity contribution < 1.29 is 4.79 Å². The first kappa shape index (κ1) is 16.0. The van der Waals surface area contributed by atoms with Crippen LogP contribution in [0.1, 0.15) is 41.7 Å². The molecule has 1 aliphatic heterocycles. The van der Waals surface area contributed by atoms with Crippen molar-refractivity contribution in [3.8, 4) is 0 Å². The Bertz CT molecular complexity index is 451. The molecule has 1 saturated heterocycles. The molecule has 0 unspecified atom stereocenters. The van der Waals surface area contributed by atoms with Crippen LogP contribution in [0.15, 0.2) is 6.20 Å². The molecule has 0 bridgehead atoms. The monoisotopic (exact) mass is 293 g/mol. The number of nitrogens with two attached hydrogens (primary N) is 1. The lowest BCUT2D eigenvalue weighted by atomic mass is 10.2. The first-order valence-corrected chi connectivity index (χ1v) is 7.95. The van der Waals surface area contributed by atoms with Crippen LogP contribution < -0.4 is 11.1 Å². The van der Waals surface area contributed by atoms with E-state index in [1.807, 2.05) is 11.6 Å². The topological polar surface area (TPSA) is 76.2 Å². The average molecular weight is 293 g/mol. The zero-order valence-electron chi connectivity index (χ0n) is 13.0. The molecule has 21 heavy (non-hydrogen) atoms. The van der Waals surface area contributed by atoms with E-state index in [4.69, 9.17) is 5.73 Å². The number of nitrogens with zero attached hydrogens (tertiary/aromatic N) is 3. The van der Waals surface area contributed by atoms with Gasteiger partial charge in [0, 0.05) is 18.8 Å². The molecular weight excluding hydrogens is 266 g/mol. The molecule has 3 N–H and O–H groups in total. The molecule has 0 aromatic carbocycles. The molecule has 6 nitrogen and oxygen atoms in total. The SMILES string of the molecule is Cc1c(C(=O)NCCCN2CCCC2)cnn1CCCN. The van der Waals surface area contributed by atoms with Crippen LogP contribution in [-0.4, -0.2) is 53.3 Å². The molecule has 0 atom stereocenters. The van der Waals surface area contributed by atoms with Gasteiger partial charge in [-0.2, -0.15) is 5.10 Å². The third kappa shape index (κ3) is 4.54. The van der Waals surface area contributed by atoms with Crippen molar-refractivity contribution >= 4 is 5.91 Å². The smallest absolute Gasteiger partial charge is 0.254 e. The molecule has 0 saturated carbocycles. The molecule has 0 radical (unpaired) electrons. The Morgan fingerprint density at radius 1 is 1.33 bits per heavy atom. The molecular formula is C15H27N5O. The summed E-state index contributed by atoms with van der Waals surface area (Å²) in [7, 11) is 0. The minimum atomic E-state index is -0.0204. The predicted molar refractivity (Wildman–Crippen MR) is 83.3 cm³/mol. The van der Waals surface area contributed by atoms with Gasteiger partial charge in [0.1, 0.15) is 0 Å². The maximum Gasteiger partial charge on any atom is 0.254 e. The van der Waals surface area contributed by atoms with Crippen LogP contribution in [0.25, 0.3) is 0 Å². The first-order valence-electron chi connectivity index (χ1n) is 7.95. The molecule has 2 heterocycles. The number of likely N-dealkylation sites (tertiary alicyclic amines) is 1. The van der Waals surface area contributed by atoms with Crippen LogP contribution in [0.3, 0.4) is 0 Å². The number of aromatic nitrogens is 2. The van der Waals surface area contributed by atoms with Gasteiger partial charge in [0.2, 0.25) is 0 Å². The minimum absolute atomic E-state index is 0.0204. The standard InChI is InChI=1S/C15H27N5O/c1-13-14(12-18-20(13)11-4-6-16)15(21)17-7-5-10-19-8-2-3-9-19/h12H,2-11,16H2,1H3,(H,17,21). The Balaban J connectivity index is 1.73. The van der Waals surface area contributed by atoms with Crippen molar-refractivity contribution in [2.24, 2.45) is 5.73 Å². The largest absolute Gasteiger partial charge is 0.352 e. The summed E-state index contributed by atoms with van der Waals surface area (Å²) in [5, 5.41) is 7.25. The third-order valence-corrected chi connectivity index (χ3v) is 4.06. The lowest BCUT2D eigenvalue weighted by Crippen LogP contribution is -2.28. The highest BCUT2D eigenvalue weighted by Gasteiger charge is 2.14. The Labute approximate surface area is 126 Å². The number of rotatable bonds is 8. The second kappa shape index (κ2) is 8.14. The third-order valence-electron chi connectivity index (χ3n) is 4.06. The van der Waals surface area contributed by atoms with Gasteiger partial charge in [-0.3, -0.25) is 9.48 Å². The highest BCUT2D eigenvalue weighted by Crippen LogP contribution is 2.09. The van der Waals surface area contributed by atoms with Crippen molar-refractivity contribution in [3.05, 3.63) is 17.5 Å². The minimum Gasteiger partial charge on any atom is -0.352 e. The molecule has 0 aliphatic carbocycles. The van der Waals surface area contributed by atoms with Gasteiger partial charge in [-0.15, -0.1) is 0 Å². The maximum absolute atomic E-state index is 12.1. The Hall–Kier alpha value is -1.40. The van der Waals surface area contributed by atoms with E-state index in [1.165, 1.54) is 25.9 Å². The lowest BCUT2D eigenvalue weighted by Gasteiger charge is -2.14. The first-order chi connectivity index (χ1) is 10.2. The quantitative estimate of drug-likeness (QED) is 0.694. The van der Waals surface area contributed by atoms with Gasteiger partial charge < -0.3 is 16.0 Å². The van der Waals surface area contributed by atoms with Crippen LogP contribution in [-0.2, 0) is 6.54 Å². The zero-order valence-corrected chi connectivity index (χ0v) is 13.0. The number of carbonyl (C=O) groups is 1. The summed E-state index contributed by atoms with van der Waals surface area (Å²) >= 11 is 0. The van der Waals surface area contributed by atoms with Gasteiger partial charge in [0.25, 0.3) is 5.91 Å². The fraction of sp³-hybridized carbons (Fsp3) is 0.733. The molecule has 1 aliphatic rings. The molecule has 6 heteroatoms. The summed E-state index contributed by atoms with van der Waals surface area (Å²) in [4.78, 5) is 14.6. The fourth-order valence-corrected chi connectivity index (χ4v) is 2.74. The van der Waals surface area contributed by atoms with E-state index in [1.54, 1.807) is 6.20 Å². The van der Waals surface area contributed by atoms with Crippen molar-refractivity contribution in [2.45, 2.75) is 39.2 Å². The van der Waals surface area contributed by atoms with E-state index in [2.05, 4.69) is 15.3 Å². The number of hydrogen-bond acceptors (Lipinski definition) is 4. The molecule has 1 fully saturated rings. The maximum atomic E-state index is 12.1. The van der Waals surface area contributed by atoms with Gasteiger partial charge in [-0.1, -0.05) is 0 Å². The number of amides is 1. The predicted octanol–water partition coefficient (Wildman–Crippen LogP) is 0.756. The Morgan fingerprint density at radius 3 is 2.81 bits per heavy atom. The molecule has 1 aromatic rings. The van der Waals surface area contributed by atoms with Crippen LogP contribution in [0.4, 0.5) is 0 Å². The normalized spacial score (nSPS) is 15.5. The number of nitrogens with one attached hydrogen (secondary N) is 1. The van der Waals surface area contributed by atoms with Gasteiger partial charge >= 0.3 is 0 Å². The van der Waals surface area contributed by atoms with Gasteiger partial charge in [0.05, 0.1) is 11.8 Å². The van der Waals surface area contributed by atoms with E-state index in [0.29, 0.717) is 12.1 Å². The second-order valence-electron chi connectivity index (χ2n) is 5.67. The summed E-state index contributed by atoms with van der Waals surface area (Å²) in [6.07, 6.45) is 6.16. The Morgan fingerprint density at radius 2 is 2.10 bits per heavy atom. The number of carbonyl (C=O) groups excluding carboxylic acids is 1. The van der Waals surface area contributed by atoms with Crippen molar-refractivity contribution in [2.75, 3.05) is 32.7 Å². The summed E-state index contributed by atoms with van der Waals surface area (Å²) in [5.74, 6) is -0.0204. The summed E-state index contributed by atoms with van der Waals surface area (Å²) in [6.45, 7) is 7.56. The van der Waals surface area contributed by atoms with Gasteiger partial charge in [-0.05, 0) is 58.8 Å². The second-order valence-corrected chi connectivity index (χ2v) is 5.67. The molecule has 0 spiro atoms. The zero-order chi connectivity index (χ0) is 15.1.